The van der Waals surface area contributed by atoms with E-state index in [1.54, 1.807) is 12.1 Å². The normalized spacial score (nSPS) is 26.7. The molecule has 0 radical (unpaired) electrons. The first-order valence-electron chi connectivity index (χ1n) is 8.30. The Kier molecular flexibility index (Phi) is 5.78. The van der Waals surface area contributed by atoms with E-state index in [2.05, 4.69) is 20.7 Å². The number of amides is 1. The average Bonchev–Trinajstić information content (AvgIpc) is 2.83. The van der Waals surface area contributed by atoms with Crippen molar-refractivity contribution in [3.05, 3.63) is 22.7 Å². The van der Waals surface area contributed by atoms with Crippen molar-refractivity contribution in [2.75, 3.05) is 13.7 Å². The first kappa shape index (κ1) is 21.1. The highest BCUT2D eigenvalue weighted by molar-refractivity contribution is 9.10. The van der Waals surface area contributed by atoms with Crippen molar-refractivity contribution in [2.45, 2.75) is 56.6 Å². The van der Waals surface area contributed by atoms with Crippen molar-refractivity contribution in [1.29, 1.82) is 0 Å². The Morgan fingerprint density at radius 2 is 2.00 bits per heavy atom. The maximum atomic E-state index is 12.9. The van der Waals surface area contributed by atoms with Crippen LogP contribution in [0, 0.1) is 0 Å². The van der Waals surface area contributed by atoms with Gasteiger partial charge in [0.25, 0.3) is 6.09 Å². The molecule has 1 unspecified atom stereocenters. The van der Waals surface area contributed by atoms with Crippen LogP contribution in [-0.4, -0.2) is 50.3 Å². The Morgan fingerprint density at radius 1 is 1.38 bits per heavy atom. The maximum Gasteiger partial charge on any atom is 0.258 e. The van der Waals surface area contributed by atoms with Gasteiger partial charge in [-0.15, -0.1) is 0 Å². The predicted molar refractivity (Wildman–Crippen MR) is 99.2 cm³/mol. The number of ether oxygens (including phenoxy) is 1. The van der Waals surface area contributed by atoms with Gasteiger partial charge in [-0.1, -0.05) is 15.9 Å². The molecule has 146 valence electrons. The molecule has 1 aromatic rings. The Bertz CT molecular complexity index is 806. The summed E-state index contributed by atoms with van der Waals surface area (Å²) < 4.78 is 33.9. The Labute approximate surface area is 163 Å². The molecule has 0 saturated carbocycles. The summed E-state index contributed by atoms with van der Waals surface area (Å²) in [5.74, 6) is 0.225. The third kappa shape index (κ3) is 3.62. The molecule has 1 aliphatic rings. The van der Waals surface area contributed by atoms with Crippen LogP contribution in [0.15, 0.2) is 27.6 Å². The molecule has 9 heteroatoms. The summed E-state index contributed by atoms with van der Waals surface area (Å²) in [5.41, 5.74) is -0.619. The molecule has 2 rings (SSSR count). The summed E-state index contributed by atoms with van der Waals surface area (Å²) in [6, 6.07) is 3.91. The number of sulfonamides is 1. The lowest BCUT2D eigenvalue weighted by atomic mass is 10.0. The van der Waals surface area contributed by atoms with Gasteiger partial charge in [-0.2, -0.15) is 0 Å². The molecule has 1 N–H and O–H groups in total. The Balaban J connectivity index is 2.35. The van der Waals surface area contributed by atoms with Gasteiger partial charge in [0.2, 0.25) is 10.0 Å². The summed E-state index contributed by atoms with van der Waals surface area (Å²) in [7, 11) is -2.48. The maximum absolute atomic E-state index is 12.9. The van der Waals surface area contributed by atoms with Gasteiger partial charge in [0.1, 0.15) is 17.2 Å². The van der Waals surface area contributed by atoms with E-state index in [9.17, 15) is 18.3 Å². The lowest BCUT2D eigenvalue weighted by molar-refractivity contribution is -0.928. The average molecular weight is 449 g/mol. The molecule has 1 fully saturated rings. The predicted octanol–water partition coefficient (Wildman–Crippen LogP) is 1.86. The number of likely N-dealkylation sites (tertiary alicyclic amines) is 1. The van der Waals surface area contributed by atoms with Gasteiger partial charge in [-0.25, -0.2) is 13.1 Å². The summed E-state index contributed by atoms with van der Waals surface area (Å²) in [6.45, 7) is 7.42. The smallest absolute Gasteiger partial charge is 0.258 e. The molecule has 1 aliphatic heterocycles. The molecule has 0 bridgehead atoms. The number of methoxy groups -OCH3 is 1. The highest BCUT2D eigenvalue weighted by atomic mass is 79.9. The highest BCUT2D eigenvalue weighted by Gasteiger charge is 2.54. The number of rotatable bonds is 4. The number of carbonyl (C=O) groups is 1. The number of benzene rings is 1. The number of hydrogen-bond acceptors (Lipinski definition) is 5. The van der Waals surface area contributed by atoms with Gasteiger partial charge < -0.3 is 14.6 Å². The zero-order chi connectivity index (χ0) is 19.9. The number of hydrogen-bond donors (Lipinski definition) is 1. The first-order valence-corrected chi connectivity index (χ1v) is 10.6. The molecule has 1 heterocycles. The number of nitrogens with one attached hydrogen (secondary N) is 1. The summed E-state index contributed by atoms with van der Waals surface area (Å²) in [5, 5.41) is 12.0. The van der Waals surface area contributed by atoms with Gasteiger partial charge >= 0.3 is 0 Å². The van der Waals surface area contributed by atoms with E-state index in [-0.39, 0.29) is 27.7 Å². The van der Waals surface area contributed by atoms with Gasteiger partial charge in [-0.3, -0.25) is 4.48 Å². The fourth-order valence-corrected chi connectivity index (χ4v) is 5.83. The van der Waals surface area contributed by atoms with Crippen molar-refractivity contribution in [1.82, 2.24) is 4.72 Å². The standard InChI is InChI=1S/C17H25BrN2O5S/c1-11-8-13(10-20(11,16(21)22)17(2,3)4)19-26(23,24)15-9-12(18)6-7-14(15)25-5/h6-7,9,11,13,19H,8,10H2,1-5H3/t11-,13+,20?/m0/s1. The molecule has 26 heavy (non-hydrogen) atoms. The van der Waals surface area contributed by atoms with Crippen LogP contribution in [0.4, 0.5) is 4.79 Å². The lowest BCUT2D eigenvalue weighted by Crippen LogP contribution is -2.69. The minimum absolute atomic E-state index is 0.0104. The van der Waals surface area contributed by atoms with Gasteiger partial charge in [0, 0.05) is 10.9 Å². The molecule has 0 spiro atoms. The van der Waals surface area contributed by atoms with E-state index in [0.717, 1.165) is 0 Å². The monoisotopic (exact) mass is 448 g/mol. The largest absolute Gasteiger partial charge is 0.498 e. The van der Waals surface area contributed by atoms with Crippen LogP contribution in [0.2, 0.25) is 0 Å². The van der Waals surface area contributed by atoms with Crippen molar-refractivity contribution in [3.8, 4) is 5.75 Å². The van der Waals surface area contributed by atoms with Crippen molar-refractivity contribution in [2.24, 2.45) is 0 Å². The number of carboxylic acid groups (broad SMARTS) is 1. The quantitative estimate of drug-likeness (QED) is 0.708. The topological polar surface area (TPSA) is 95.5 Å². The Morgan fingerprint density at radius 3 is 2.46 bits per heavy atom. The Hall–Kier alpha value is -1.16. The number of carbonyl (C=O) groups excluding carboxylic acids is 1. The molecule has 0 aromatic heterocycles. The minimum atomic E-state index is -3.88. The van der Waals surface area contributed by atoms with Crippen LogP contribution in [0.3, 0.4) is 0 Å². The molecule has 1 aromatic carbocycles. The first-order chi connectivity index (χ1) is 11.8. The highest BCUT2D eigenvalue weighted by Crippen LogP contribution is 2.37. The van der Waals surface area contributed by atoms with Crippen LogP contribution in [0.25, 0.3) is 0 Å². The molecule has 7 nitrogen and oxygen atoms in total. The van der Waals surface area contributed by atoms with Crippen molar-refractivity contribution < 1.29 is 27.5 Å². The van der Waals surface area contributed by atoms with E-state index in [0.29, 0.717) is 10.9 Å². The van der Waals surface area contributed by atoms with Gasteiger partial charge in [0.05, 0.1) is 24.7 Å². The van der Waals surface area contributed by atoms with Gasteiger partial charge in [0.15, 0.2) is 0 Å². The zero-order valence-corrected chi connectivity index (χ0v) is 18.0. The van der Waals surface area contributed by atoms with Crippen molar-refractivity contribution in [3.63, 3.8) is 0 Å². The van der Waals surface area contributed by atoms with Crippen LogP contribution in [0.1, 0.15) is 34.1 Å². The second-order valence-electron chi connectivity index (χ2n) is 7.69. The third-order valence-electron chi connectivity index (χ3n) is 5.15. The second-order valence-corrected chi connectivity index (χ2v) is 10.3. The van der Waals surface area contributed by atoms with E-state index < -0.39 is 27.7 Å². The molecule has 1 saturated heterocycles. The van der Waals surface area contributed by atoms with E-state index in [4.69, 9.17) is 4.74 Å². The summed E-state index contributed by atoms with van der Waals surface area (Å²) in [6.07, 6.45) is -0.785. The molecule has 1 amide bonds. The van der Waals surface area contributed by atoms with Crippen LogP contribution < -0.4 is 14.6 Å². The van der Waals surface area contributed by atoms with E-state index in [1.807, 2.05) is 27.7 Å². The zero-order valence-electron chi connectivity index (χ0n) is 15.6. The van der Waals surface area contributed by atoms with E-state index >= 15 is 0 Å². The number of nitrogens with zero attached hydrogens (tertiary/aromatic N) is 1. The third-order valence-corrected chi connectivity index (χ3v) is 7.18. The minimum Gasteiger partial charge on any atom is -0.498 e. The molecule has 3 atom stereocenters. The molecular weight excluding hydrogens is 424 g/mol. The summed E-state index contributed by atoms with van der Waals surface area (Å²) >= 11 is 3.27. The fourth-order valence-electron chi connectivity index (χ4n) is 3.89. The number of quaternary nitrogens is 1. The fraction of sp³-hybridized carbons (Fsp3) is 0.588. The van der Waals surface area contributed by atoms with Crippen LogP contribution in [0.5, 0.6) is 5.75 Å². The SMILES string of the molecule is COc1ccc(Br)cc1S(=O)(=O)N[C@@H]1C[C@H](C)[N+](C(=O)[O-])(C(C)(C)C)C1. The lowest BCUT2D eigenvalue weighted by Gasteiger charge is -2.48. The second kappa shape index (κ2) is 7.10. The van der Waals surface area contributed by atoms with Crippen LogP contribution in [-0.2, 0) is 10.0 Å². The summed E-state index contributed by atoms with van der Waals surface area (Å²) in [4.78, 5) is 12.0. The molecular formula is C17H25BrN2O5S. The van der Waals surface area contributed by atoms with E-state index in [1.165, 1.54) is 13.2 Å². The van der Waals surface area contributed by atoms with Crippen molar-refractivity contribution >= 4 is 32.0 Å². The number of halogens is 1. The van der Waals surface area contributed by atoms with Gasteiger partial charge in [-0.05, 0) is 45.9 Å². The van der Waals surface area contributed by atoms with Crippen LogP contribution >= 0.6 is 15.9 Å². The molecule has 0 aliphatic carbocycles.